The molecule has 0 bridgehead atoms. The highest BCUT2D eigenvalue weighted by atomic mass is 16.5. The Morgan fingerprint density at radius 1 is 1.10 bits per heavy atom. The second-order valence-electron chi connectivity index (χ2n) is 5.01. The van der Waals surface area contributed by atoms with Crippen LogP contribution in [0.4, 0.5) is 0 Å². The Balaban J connectivity index is 2.53. The molecule has 3 N–H and O–H groups in total. The van der Waals surface area contributed by atoms with Crippen LogP contribution in [0.3, 0.4) is 0 Å². The number of aromatic nitrogens is 1. The van der Waals surface area contributed by atoms with E-state index >= 15 is 0 Å². The SMILES string of the molecule is Cc1ccc(C)c(Oc2cc(C)nc(C)c2C(=N)N)c1. The van der Waals surface area contributed by atoms with Gasteiger partial charge in [0.2, 0.25) is 0 Å². The third-order valence-corrected chi connectivity index (χ3v) is 3.13. The van der Waals surface area contributed by atoms with E-state index < -0.39 is 0 Å². The summed E-state index contributed by atoms with van der Waals surface area (Å²) < 4.78 is 5.98. The highest BCUT2D eigenvalue weighted by Gasteiger charge is 2.14. The molecule has 104 valence electrons. The van der Waals surface area contributed by atoms with Crippen molar-refractivity contribution in [2.75, 3.05) is 0 Å². The lowest BCUT2D eigenvalue weighted by Crippen LogP contribution is -2.15. The molecule has 1 aromatic carbocycles. The van der Waals surface area contributed by atoms with Crippen LogP contribution in [0, 0.1) is 33.1 Å². The van der Waals surface area contributed by atoms with Crippen LogP contribution in [0.25, 0.3) is 0 Å². The third-order valence-electron chi connectivity index (χ3n) is 3.13. The predicted octanol–water partition coefficient (Wildman–Crippen LogP) is 3.39. The largest absolute Gasteiger partial charge is 0.456 e. The van der Waals surface area contributed by atoms with Gasteiger partial charge in [0.05, 0.1) is 11.3 Å². The minimum Gasteiger partial charge on any atom is -0.456 e. The summed E-state index contributed by atoms with van der Waals surface area (Å²) in [5.74, 6) is 1.32. The number of hydrogen-bond donors (Lipinski definition) is 2. The molecule has 0 aliphatic rings. The fraction of sp³-hybridized carbons (Fsp3) is 0.250. The van der Waals surface area contributed by atoms with Crippen molar-refractivity contribution in [3.8, 4) is 11.5 Å². The summed E-state index contributed by atoms with van der Waals surface area (Å²) in [7, 11) is 0. The molecular weight excluding hydrogens is 250 g/mol. The van der Waals surface area contributed by atoms with E-state index in [-0.39, 0.29) is 5.84 Å². The maximum atomic E-state index is 7.71. The summed E-state index contributed by atoms with van der Waals surface area (Å²) in [6.45, 7) is 7.73. The minimum atomic E-state index is -0.0321. The number of aryl methyl sites for hydroxylation is 4. The van der Waals surface area contributed by atoms with E-state index in [1.165, 1.54) is 0 Å². The topological polar surface area (TPSA) is 72.0 Å². The quantitative estimate of drug-likeness (QED) is 0.662. The number of amidine groups is 1. The summed E-state index contributed by atoms with van der Waals surface area (Å²) in [5, 5.41) is 7.71. The van der Waals surface area contributed by atoms with Crippen LogP contribution in [0.5, 0.6) is 11.5 Å². The Morgan fingerprint density at radius 3 is 2.45 bits per heavy atom. The maximum absolute atomic E-state index is 7.71. The number of benzene rings is 1. The minimum absolute atomic E-state index is 0.0321. The van der Waals surface area contributed by atoms with E-state index in [0.29, 0.717) is 17.0 Å². The molecule has 0 amide bonds. The molecule has 2 aromatic rings. The average molecular weight is 269 g/mol. The summed E-state index contributed by atoms with van der Waals surface area (Å²) >= 11 is 0. The molecule has 1 heterocycles. The van der Waals surface area contributed by atoms with Crippen molar-refractivity contribution in [3.05, 3.63) is 52.3 Å². The van der Waals surface area contributed by atoms with Crippen molar-refractivity contribution < 1.29 is 4.74 Å². The molecule has 0 atom stereocenters. The standard InChI is InChI=1S/C16H19N3O/c1-9-5-6-10(2)13(7-9)20-14-8-11(3)19-12(4)15(14)16(17)18/h5-8H,1-4H3,(H3,17,18). The molecule has 0 spiro atoms. The zero-order valence-corrected chi connectivity index (χ0v) is 12.2. The van der Waals surface area contributed by atoms with E-state index in [0.717, 1.165) is 22.6 Å². The molecule has 0 saturated heterocycles. The lowest BCUT2D eigenvalue weighted by molar-refractivity contribution is 0.475. The molecule has 0 fully saturated rings. The van der Waals surface area contributed by atoms with Gasteiger partial charge in [0.15, 0.2) is 0 Å². The van der Waals surface area contributed by atoms with Crippen LogP contribution in [0.1, 0.15) is 28.1 Å². The first-order chi connectivity index (χ1) is 9.38. The van der Waals surface area contributed by atoms with E-state index in [9.17, 15) is 0 Å². The van der Waals surface area contributed by atoms with E-state index in [2.05, 4.69) is 4.98 Å². The van der Waals surface area contributed by atoms with Crippen LogP contribution in [-0.4, -0.2) is 10.8 Å². The second-order valence-corrected chi connectivity index (χ2v) is 5.01. The van der Waals surface area contributed by atoms with Gasteiger partial charge in [0.1, 0.15) is 17.3 Å². The van der Waals surface area contributed by atoms with E-state index in [1.807, 2.05) is 52.0 Å². The zero-order chi connectivity index (χ0) is 14.9. The van der Waals surface area contributed by atoms with Gasteiger partial charge < -0.3 is 10.5 Å². The van der Waals surface area contributed by atoms with Gasteiger partial charge in [-0.1, -0.05) is 12.1 Å². The summed E-state index contributed by atoms with van der Waals surface area (Å²) in [6.07, 6.45) is 0. The van der Waals surface area contributed by atoms with Gasteiger partial charge in [-0.25, -0.2) is 0 Å². The maximum Gasteiger partial charge on any atom is 0.141 e. The first-order valence-corrected chi connectivity index (χ1v) is 6.46. The van der Waals surface area contributed by atoms with Gasteiger partial charge >= 0.3 is 0 Å². The molecule has 0 aliphatic heterocycles. The van der Waals surface area contributed by atoms with E-state index in [4.69, 9.17) is 15.9 Å². The van der Waals surface area contributed by atoms with Crippen LogP contribution in [0.2, 0.25) is 0 Å². The van der Waals surface area contributed by atoms with Crippen molar-refractivity contribution in [1.82, 2.24) is 4.98 Å². The number of nitrogens with two attached hydrogens (primary N) is 1. The number of nitrogens with zero attached hydrogens (tertiary/aromatic N) is 1. The predicted molar refractivity (Wildman–Crippen MR) is 80.7 cm³/mol. The van der Waals surface area contributed by atoms with Crippen LogP contribution in [0.15, 0.2) is 24.3 Å². The smallest absolute Gasteiger partial charge is 0.141 e. The number of nitrogens with one attached hydrogen (secondary N) is 1. The molecule has 0 aliphatic carbocycles. The summed E-state index contributed by atoms with van der Waals surface area (Å²) in [4.78, 5) is 4.34. The van der Waals surface area contributed by atoms with Gasteiger partial charge in [-0.2, -0.15) is 0 Å². The normalized spacial score (nSPS) is 10.4. The monoisotopic (exact) mass is 269 g/mol. The average Bonchev–Trinajstić information content (AvgIpc) is 2.32. The molecule has 2 rings (SSSR count). The van der Waals surface area contributed by atoms with Crippen LogP contribution >= 0.6 is 0 Å². The highest BCUT2D eigenvalue weighted by molar-refractivity contribution is 5.98. The first kappa shape index (κ1) is 14.1. The Morgan fingerprint density at radius 2 is 1.80 bits per heavy atom. The first-order valence-electron chi connectivity index (χ1n) is 6.46. The van der Waals surface area contributed by atoms with Gasteiger partial charge in [0, 0.05) is 11.8 Å². The van der Waals surface area contributed by atoms with Crippen molar-refractivity contribution in [1.29, 1.82) is 5.41 Å². The summed E-state index contributed by atoms with van der Waals surface area (Å²) in [6, 6.07) is 7.84. The summed E-state index contributed by atoms with van der Waals surface area (Å²) in [5.41, 5.74) is 9.91. The van der Waals surface area contributed by atoms with Crippen molar-refractivity contribution in [3.63, 3.8) is 0 Å². The second kappa shape index (κ2) is 5.33. The Bertz CT molecular complexity index is 678. The Labute approximate surface area is 119 Å². The highest BCUT2D eigenvalue weighted by Crippen LogP contribution is 2.30. The molecule has 20 heavy (non-hydrogen) atoms. The van der Waals surface area contributed by atoms with Gasteiger partial charge in [-0.05, 0) is 44.9 Å². The lowest BCUT2D eigenvalue weighted by Gasteiger charge is -2.15. The number of hydrogen-bond acceptors (Lipinski definition) is 3. The third kappa shape index (κ3) is 2.79. The molecule has 0 radical (unpaired) electrons. The van der Waals surface area contributed by atoms with Gasteiger partial charge in [-0.3, -0.25) is 10.4 Å². The van der Waals surface area contributed by atoms with Crippen LogP contribution in [-0.2, 0) is 0 Å². The van der Waals surface area contributed by atoms with Crippen LogP contribution < -0.4 is 10.5 Å². The molecule has 4 heteroatoms. The molecule has 0 unspecified atom stereocenters. The zero-order valence-electron chi connectivity index (χ0n) is 12.2. The van der Waals surface area contributed by atoms with Crippen molar-refractivity contribution >= 4 is 5.84 Å². The Hall–Kier alpha value is -2.36. The number of pyridine rings is 1. The lowest BCUT2D eigenvalue weighted by atomic mass is 10.1. The van der Waals surface area contributed by atoms with Gasteiger partial charge in [0.25, 0.3) is 0 Å². The van der Waals surface area contributed by atoms with Crippen molar-refractivity contribution in [2.24, 2.45) is 5.73 Å². The van der Waals surface area contributed by atoms with Gasteiger partial charge in [-0.15, -0.1) is 0 Å². The number of ether oxygens (including phenoxy) is 1. The fourth-order valence-corrected chi connectivity index (χ4v) is 2.14. The molecular formula is C16H19N3O. The number of rotatable bonds is 3. The molecule has 4 nitrogen and oxygen atoms in total. The Kier molecular flexibility index (Phi) is 3.74. The molecule has 0 saturated carbocycles. The van der Waals surface area contributed by atoms with Crippen molar-refractivity contribution in [2.45, 2.75) is 27.7 Å². The fourth-order valence-electron chi connectivity index (χ4n) is 2.14. The number of nitrogen functional groups attached to an aromatic ring is 1. The molecule has 1 aromatic heterocycles. The van der Waals surface area contributed by atoms with E-state index in [1.54, 1.807) is 0 Å².